The Balaban J connectivity index is 2.82. The second kappa shape index (κ2) is 4.96. The fraction of sp³-hybridized carbons (Fsp3) is 0.167. The molecule has 0 bridgehead atoms. The van der Waals surface area contributed by atoms with Gasteiger partial charge in [0, 0.05) is 24.2 Å². The van der Waals surface area contributed by atoms with Gasteiger partial charge in [-0.3, -0.25) is 9.36 Å². The lowest BCUT2D eigenvalue weighted by Gasteiger charge is -2.14. The van der Waals surface area contributed by atoms with E-state index >= 15 is 0 Å². The first-order valence-corrected chi connectivity index (χ1v) is 5.90. The number of alkyl halides is 3. The molecule has 1 heterocycles. The molecule has 21 heavy (non-hydrogen) atoms. The smallest absolute Gasteiger partial charge is 0.431 e. The summed E-state index contributed by atoms with van der Waals surface area (Å²) in [6, 6.07) is 3.81. The molecule has 0 aliphatic carbocycles. The molecule has 0 spiro atoms. The third kappa shape index (κ3) is 2.66. The highest BCUT2D eigenvalue weighted by atomic mass is 35.5. The average molecular weight is 321 g/mol. The highest BCUT2D eigenvalue weighted by Crippen LogP contribution is 2.28. The van der Waals surface area contributed by atoms with E-state index < -0.39 is 28.9 Å². The molecule has 1 N–H and O–H groups in total. The number of rotatable bonds is 1. The molecule has 0 unspecified atom stereocenters. The fourth-order valence-electron chi connectivity index (χ4n) is 1.81. The molecule has 112 valence electrons. The van der Waals surface area contributed by atoms with Gasteiger partial charge in [-0.1, -0.05) is 11.6 Å². The average Bonchev–Trinajstić information content (AvgIpc) is 2.35. The Hall–Kier alpha value is -2.22. The van der Waals surface area contributed by atoms with Crippen LogP contribution in [0.15, 0.2) is 33.9 Å². The van der Waals surface area contributed by atoms with Crippen molar-refractivity contribution in [2.75, 3.05) is 0 Å². The fourth-order valence-corrected chi connectivity index (χ4v) is 1.97. The predicted octanol–water partition coefficient (Wildman–Crippen LogP) is 1.91. The third-order valence-corrected chi connectivity index (χ3v) is 3.02. The summed E-state index contributed by atoms with van der Waals surface area (Å²) in [5.41, 5.74) is -4.06. The first kappa shape index (κ1) is 15.2. The molecular formula is C12H8ClF3N2O3. The Morgan fingerprint density at radius 1 is 1.19 bits per heavy atom. The monoisotopic (exact) mass is 320 g/mol. The summed E-state index contributed by atoms with van der Waals surface area (Å²) in [6.45, 7) is 0. The second-order valence-electron chi connectivity index (χ2n) is 4.18. The van der Waals surface area contributed by atoms with E-state index in [1.807, 2.05) is 0 Å². The van der Waals surface area contributed by atoms with E-state index in [0.29, 0.717) is 4.57 Å². The molecule has 0 aliphatic heterocycles. The van der Waals surface area contributed by atoms with Crippen molar-refractivity contribution in [1.29, 1.82) is 0 Å². The van der Waals surface area contributed by atoms with Crippen molar-refractivity contribution in [3.05, 3.63) is 55.8 Å². The highest BCUT2D eigenvalue weighted by Gasteiger charge is 2.35. The zero-order chi connectivity index (χ0) is 15.9. The summed E-state index contributed by atoms with van der Waals surface area (Å²) in [4.78, 5) is 23.8. The second-order valence-corrected chi connectivity index (χ2v) is 4.61. The maximum atomic E-state index is 12.7. The quantitative estimate of drug-likeness (QED) is 0.873. The minimum Gasteiger partial charge on any atom is -0.506 e. The van der Waals surface area contributed by atoms with Crippen LogP contribution in [0.5, 0.6) is 5.75 Å². The van der Waals surface area contributed by atoms with Gasteiger partial charge in [0.05, 0.1) is 5.69 Å². The molecule has 0 aliphatic rings. The Morgan fingerprint density at radius 3 is 2.33 bits per heavy atom. The van der Waals surface area contributed by atoms with E-state index in [2.05, 4.69) is 0 Å². The SMILES string of the molecule is Cn1c(C(F)(F)F)cc(=O)n(-c2ccc(Cl)cc2O)c1=O. The molecule has 5 nitrogen and oxygen atoms in total. The Labute approximate surface area is 120 Å². The van der Waals surface area contributed by atoms with Crippen molar-refractivity contribution in [2.45, 2.75) is 6.18 Å². The van der Waals surface area contributed by atoms with Gasteiger partial charge in [0.2, 0.25) is 0 Å². The minimum atomic E-state index is -4.84. The number of hydrogen-bond donors (Lipinski definition) is 1. The number of hydrogen-bond acceptors (Lipinski definition) is 3. The van der Waals surface area contributed by atoms with Crippen molar-refractivity contribution in [2.24, 2.45) is 7.05 Å². The summed E-state index contributed by atoms with van der Waals surface area (Å²) >= 11 is 5.62. The Kier molecular flexibility index (Phi) is 3.58. The molecule has 1 aromatic heterocycles. The predicted molar refractivity (Wildman–Crippen MR) is 69.0 cm³/mol. The highest BCUT2D eigenvalue weighted by molar-refractivity contribution is 6.30. The number of benzene rings is 1. The molecule has 2 aromatic rings. The van der Waals surface area contributed by atoms with Crippen LogP contribution in [-0.4, -0.2) is 14.2 Å². The molecule has 9 heteroatoms. The van der Waals surface area contributed by atoms with Crippen molar-refractivity contribution in [3.8, 4) is 11.4 Å². The molecule has 2 rings (SSSR count). The Morgan fingerprint density at radius 2 is 1.81 bits per heavy atom. The van der Waals surface area contributed by atoms with Gasteiger partial charge in [-0.15, -0.1) is 0 Å². The van der Waals surface area contributed by atoms with Crippen LogP contribution in [-0.2, 0) is 13.2 Å². The number of aromatic hydroxyl groups is 1. The lowest BCUT2D eigenvalue weighted by molar-refractivity contribution is -0.144. The van der Waals surface area contributed by atoms with Crippen LogP contribution in [0.3, 0.4) is 0 Å². The molecule has 0 saturated carbocycles. The first-order chi connectivity index (χ1) is 9.62. The van der Waals surface area contributed by atoms with Gasteiger partial charge in [-0.25, -0.2) is 9.36 Å². The van der Waals surface area contributed by atoms with Gasteiger partial charge < -0.3 is 5.11 Å². The van der Waals surface area contributed by atoms with Crippen molar-refractivity contribution in [3.63, 3.8) is 0 Å². The molecule has 0 fully saturated rings. The third-order valence-electron chi connectivity index (χ3n) is 2.79. The minimum absolute atomic E-state index is 0.146. The lowest BCUT2D eigenvalue weighted by Crippen LogP contribution is -2.40. The zero-order valence-corrected chi connectivity index (χ0v) is 11.2. The summed E-state index contributed by atoms with van der Waals surface area (Å²) in [5.74, 6) is -0.499. The van der Waals surface area contributed by atoms with E-state index in [0.717, 1.165) is 19.2 Å². The molecule has 0 atom stereocenters. The van der Waals surface area contributed by atoms with Crippen molar-refractivity contribution < 1.29 is 18.3 Å². The van der Waals surface area contributed by atoms with Crippen LogP contribution < -0.4 is 11.2 Å². The molecule has 0 radical (unpaired) electrons. The van der Waals surface area contributed by atoms with Gasteiger partial charge in [0.1, 0.15) is 11.4 Å². The first-order valence-electron chi connectivity index (χ1n) is 5.52. The molecule has 1 aromatic carbocycles. The van der Waals surface area contributed by atoms with Crippen LogP contribution in [0.2, 0.25) is 5.02 Å². The van der Waals surface area contributed by atoms with Crippen molar-refractivity contribution >= 4 is 11.6 Å². The maximum absolute atomic E-state index is 12.7. The van der Waals surface area contributed by atoms with Gasteiger partial charge in [0.25, 0.3) is 5.56 Å². The van der Waals surface area contributed by atoms with Gasteiger partial charge >= 0.3 is 11.9 Å². The summed E-state index contributed by atoms with van der Waals surface area (Å²) in [7, 11) is 0.883. The molecule has 0 saturated heterocycles. The zero-order valence-electron chi connectivity index (χ0n) is 10.5. The lowest BCUT2D eigenvalue weighted by atomic mass is 10.3. The Bertz CT molecular complexity index is 824. The van der Waals surface area contributed by atoms with Crippen LogP contribution in [0.1, 0.15) is 5.69 Å². The van der Waals surface area contributed by atoms with Gasteiger partial charge in [0.15, 0.2) is 0 Å². The normalized spacial score (nSPS) is 11.7. The van der Waals surface area contributed by atoms with E-state index in [1.54, 1.807) is 0 Å². The van der Waals surface area contributed by atoms with E-state index in [-0.39, 0.29) is 21.3 Å². The van der Waals surface area contributed by atoms with E-state index in [4.69, 9.17) is 11.6 Å². The number of phenolic OH excluding ortho intramolecular Hbond substituents is 1. The topological polar surface area (TPSA) is 64.2 Å². The molecular weight excluding hydrogens is 313 g/mol. The number of nitrogens with zero attached hydrogens (tertiary/aromatic N) is 2. The van der Waals surface area contributed by atoms with Crippen LogP contribution >= 0.6 is 11.6 Å². The van der Waals surface area contributed by atoms with Crippen LogP contribution in [0.25, 0.3) is 5.69 Å². The standard InChI is InChI=1S/C12H8ClF3N2O3/c1-17-9(12(14,15)16)5-10(20)18(11(17)21)7-3-2-6(13)4-8(7)19/h2-5,19H,1H3. The summed E-state index contributed by atoms with van der Waals surface area (Å²) in [5, 5.41) is 9.85. The number of aromatic nitrogens is 2. The van der Waals surface area contributed by atoms with Crippen LogP contribution in [0.4, 0.5) is 13.2 Å². The van der Waals surface area contributed by atoms with Gasteiger partial charge in [-0.05, 0) is 12.1 Å². The van der Waals surface area contributed by atoms with Gasteiger partial charge in [-0.2, -0.15) is 13.2 Å². The number of phenols is 1. The number of halogens is 4. The van der Waals surface area contributed by atoms with Crippen LogP contribution in [0, 0.1) is 0 Å². The van der Waals surface area contributed by atoms with E-state index in [9.17, 15) is 27.9 Å². The van der Waals surface area contributed by atoms with Crippen molar-refractivity contribution in [1.82, 2.24) is 9.13 Å². The summed E-state index contributed by atoms with van der Waals surface area (Å²) in [6.07, 6.45) is -4.84. The van der Waals surface area contributed by atoms with E-state index in [1.165, 1.54) is 6.07 Å². The largest absolute Gasteiger partial charge is 0.506 e. The summed E-state index contributed by atoms with van der Waals surface area (Å²) < 4.78 is 38.8. The molecule has 0 amide bonds. The maximum Gasteiger partial charge on any atom is 0.431 e.